The van der Waals surface area contributed by atoms with E-state index >= 15 is 0 Å². The second-order valence-electron chi connectivity index (χ2n) is 8.17. The minimum atomic E-state index is -0.752. The van der Waals surface area contributed by atoms with Crippen LogP contribution in [0.2, 0.25) is 0 Å². The zero-order valence-corrected chi connectivity index (χ0v) is 17.2. The Labute approximate surface area is 165 Å². The summed E-state index contributed by atoms with van der Waals surface area (Å²) in [7, 11) is 0. The molecule has 5 heteroatoms. The summed E-state index contributed by atoms with van der Waals surface area (Å²) in [6.07, 6.45) is 3.73. The highest BCUT2D eigenvalue weighted by atomic mass is 16.6. The molecule has 150 valence electrons. The SMILES string of the molecule is CC=C(C)C(=O)OC(C)(CCC(C)C)C1Cc2cc3ccc(=O)oc3cc2O1. The van der Waals surface area contributed by atoms with Gasteiger partial charge in [-0.15, -0.1) is 0 Å². The molecule has 1 aromatic carbocycles. The van der Waals surface area contributed by atoms with Gasteiger partial charge >= 0.3 is 11.6 Å². The fraction of sp³-hybridized carbons (Fsp3) is 0.478. The van der Waals surface area contributed by atoms with Gasteiger partial charge in [-0.05, 0) is 57.2 Å². The van der Waals surface area contributed by atoms with E-state index < -0.39 is 5.60 Å². The zero-order chi connectivity index (χ0) is 20.5. The Balaban J connectivity index is 1.90. The van der Waals surface area contributed by atoms with Crippen LogP contribution in [0.5, 0.6) is 5.75 Å². The average molecular weight is 384 g/mol. The molecule has 0 N–H and O–H groups in total. The molecule has 0 aliphatic carbocycles. The number of carbonyl (C=O) groups is 1. The van der Waals surface area contributed by atoms with Crippen molar-refractivity contribution in [2.45, 2.75) is 65.6 Å². The van der Waals surface area contributed by atoms with E-state index in [1.165, 1.54) is 6.07 Å². The van der Waals surface area contributed by atoms with Crippen molar-refractivity contribution in [1.82, 2.24) is 0 Å². The largest absolute Gasteiger partial charge is 0.485 e. The number of hydrogen-bond acceptors (Lipinski definition) is 5. The lowest BCUT2D eigenvalue weighted by Gasteiger charge is -2.35. The summed E-state index contributed by atoms with van der Waals surface area (Å²) in [5, 5.41) is 0.855. The van der Waals surface area contributed by atoms with E-state index in [9.17, 15) is 9.59 Å². The number of ether oxygens (including phenoxy) is 2. The van der Waals surface area contributed by atoms with Crippen molar-refractivity contribution in [3.8, 4) is 5.75 Å². The lowest BCUT2D eigenvalue weighted by Crippen LogP contribution is -2.46. The summed E-state index contributed by atoms with van der Waals surface area (Å²) in [4.78, 5) is 24.0. The molecule has 1 aliphatic heterocycles. The van der Waals surface area contributed by atoms with Crippen LogP contribution in [-0.4, -0.2) is 17.7 Å². The third kappa shape index (κ3) is 4.13. The highest BCUT2D eigenvalue weighted by Crippen LogP contribution is 2.39. The summed E-state index contributed by atoms with van der Waals surface area (Å²) in [5.74, 6) is 0.854. The van der Waals surface area contributed by atoms with Crippen molar-refractivity contribution in [3.63, 3.8) is 0 Å². The molecular weight excluding hydrogens is 356 g/mol. The summed E-state index contributed by atoms with van der Waals surface area (Å²) in [5.41, 5.74) is 0.967. The van der Waals surface area contributed by atoms with Crippen LogP contribution >= 0.6 is 0 Å². The summed E-state index contributed by atoms with van der Waals surface area (Å²) in [6.45, 7) is 9.83. The highest BCUT2D eigenvalue weighted by Gasteiger charge is 2.43. The van der Waals surface area contributed by atoms with Crippen molar-refractivity contribution < 1.29 is 18.7 Å². The molecule has 2 unspecified atom stereocenters. The Morgan fingerprint density at radius 3 is 2.79 bits per heavy atom. The third-order valence-electron chi connectivity index (χ3n) is 5.46. The number of fused-ring (bicyclic) bond motifs is 2. The molecule has 1 aromatic heterocycles. The molecule has 3 rings (SSSR count). The minimum Gasteiger partial charge on any atom is -0.485 e. The van der Waals surface area contributed by atoms with Gasteiger partial charge in [-0.25, -0.2) is 9.59 Å². The first-order valence-corrected chi connectivity index (χ1v) is 9.81. The van der Waals surface area contributed by atoms with Gasteiger partial charge in [0.2, 0.25) is 0 Å². The van der Waals surface area contributed by atoms with Gasteiger partial charge in [0, 0.05) is 29.5 Å². The number of rotatable bonds is 6. The van der Waals surface area contributed by atoms with Crippen molar-refractivity contribution in [1.29, 1.82) is 0 Å². The maximum Gasteiger partial charge on any atom is 0.336 e. The van der Waals surface area contributed by atoms with Crippen LogP contribution in [0.1, 0.15) is 53.0 Å². The summed E-state index contributed by atoms with van der Waals surface area (Å²) in [6, 6.07) is 6.90. The van der Waals surface area contributed by atoms with Gasteiger partial charge in [-0.3, -0.25) is 0 Å². The van der Waals surface area contributed by atoms with Gasteiger partial charge in [0.1, 0.15) is 23.0 Å². The van der Waals surface area contributed by atoms with E-state index in [4.69, 9.17) is 13.9 Å². The summed E-state index contributed by atoms with van der Waals surface area (Å²) < 4.78 is 17.4. The molecule has 0 saturated heterocycles. The topological polar surface area (TPSA) is 65.7 Å². The first-order chi connectivity index (χ1) is 13.2. The van der Waals surface area contributed by atoms with Crippen molar-refractivity contribution in [3.05, 3.63) is 51.9 Å². The van der Waals surface area contributed by atoms with E-state index in [2.05, 4.69) is 13.8 Å². The first-order valence-electron chi connectivity index (χ1n) is 9.81. The Morgan fingerprint density at radius 2 is 2.11 bits per heavy atom. The van der Waals surface area contributed by atoms with Crippen LogP contribution in [0.4, 0.5) is 0 Å². The lowest BCUT2D eigenvalue weighted by molar-refractivity contribution is -0.164. The fourth-order valence-electron chi connectivity index (χ4n) is 3.41. The van der Waals surface area contributed by atoms with Gasteiger partial charge in [-0.2, -0.15) is 0 Å². The van der Waals surface area contributed by atoms with E-state index in [1.807, 2.05) is 19.9 Å². The maximum atomic E-state index is 12.5. The molecule has 5 nitrogen and oxygen atoms in total. The smallest absolute Gasteiger partial charge is 0.336 e. The third-order valence-corrected chi connectivity index (χ3v) is 5.46. The number of benzene rings is 1. The number of esters is 1. The van der Waals surface area contributed by atoms with Gasteiger partial charge in [0.15, 0.2) is 0 Å². The zero-order valence-electron chi connectivity index (χ0n) is 17.2. The molecule has 0 bridgehead atoms. The summed E-state index contributed by atoms with van der Waals surface area (Å²) >= 11 is 0. The Hall–Kier alpha value is -2.56. The molecule has 28 heavy (non-hydrogen) atoms. The number of allylic oxidation sites excluding steroid dienone is 1. The molecule has 0 saturated carbocycles. The van der Waals surface area contributed by atoms with Gasteiger partial charge in [-0.1, -0.05) is 19.9 Å². The predicted octanol–water partition coefficient (Wildman–Crippen LogP) is 4.80. The van der Waals surface area contributed by atoms with Crippen molar-refractivity contribution >= 4 is 16.9 Å². The van der Waals surface area contributed by atoms with Gasteiger partial charge in [0.05, 0.1) is 0 Å². The Bertz CT molecular complexity index is 969. The maximum absolute atomic E-state index is 12.5. The second-order valence-corrected chi connectivity index (χ2v) is 8.17. The molecule has 0 spiro atoms. The monoisotopic (exact) mass is 384 g/mol. The van der Waals surface area contributed by atoms with Crippen LogP contribution in [0.15, 0.2) is 45.1 Å². The molecule has 0 fully saturated rings. The van der Waals surface area contributed by atoms with Crippen LogP contribution < -0.4 is 10.4 Å². The van der Waals surface area contributed by atoms with Crippen molar-refractivity contribution in [2.75, 3.05) is 0 Å². The average Bonchev–Trinajstić information content (AvgIpc) is 3.07. The second kappa shape index (κ2) is 7.82. The predicted molar refractivity (Wildman–Crippen MR) is 109 cm³/mol. The van der Waals surface area contributed by atoms with Crippen LogP contribution in [-0.2, 0) is 16.0 Å². The Kier molecular flexibility index (Phi) is 5.64. The normalized spacial score (nSPS) is 18.6. The van der Waals surface area contributed by atoms with Crippen LogP contribution in [0.3, 0.4) is 0 Å². The first kappa shape index (κ1) is 20.2. The Morgan fingerprint density at radius 1 is 1.36 bits per heavy atom. The standard InChI is InChI=1S/C23H28O5/c1-6-15(4)22(25)28-23(5,10-9-14(2)3)20-12-17-11-16-7-8-21(24)27-18(16)13-19(17)26-20/h6-8,11,13-14,20H,9-10,12H2,1-5H3. The van der Waals surface area contributed by atoms with E-state index in [1.54, 1.807) is 25.1 Å². The number of carbonyl (C=O) groups excluding carboxylic acids is 1. The van der Waals surface area contributed by atoms with E-state index in [0.717, 1.165) is 17.4 Å². The van der Waals surface area contributed by atoms with Crippen molar-refractivity contribution in [2.24, 2.45) is 5.92 Å². The van der Waals surface area contributed by atoms with Crippen LogP contribution in [0.25, 0.3) is 11.0 Å². The molecule has 2 aromatic rings. The molecule has 0 radical (unpaired) electrons. The molecule has 0 amide bonds. The minimum absolute atomic E-state index is 0.293. The molecule has 1 aliphatic rings. The quantitative estimate of drug-likeness (QED) is 0.407. The molecular formula is C23H28O5. The van der Waals surface area contributed by atoms with E-state index in [-0.39, 0.29) is 17.7 Å². The number of hydrogen-bond donors (Lipinski definition) is 0. The molecule has 2 atom stereocenters. The van der Waals surface area contributed by atoms with E-state index in [0.29, 0.717) is 35.7 Å². The highest BCUT2D eigenvalue weighted by molar-refractivity contribution is 5.88. The van der Waals surface area contributed by atoms with Gasteiger partial charge in [0.25, 0.3) is 0 Å². The molecule has 2 heterocycles. The van der Waals surface area contributed by atoms with Crippen LogP contribution in [0, 0.1) is 5.92 Å². The fourth-order valence-corrected chi connectivity index (χ4v) is 3.41. The lowest BCUT2D eigenvalue weighted by atomic mass is 9.87. The van der Waals surface area contributed by atoms with Gasteiger partial charge < -0.3 is 13.9 Å².